The maximum atomic E-state index is 11.1. The van der Waals surface area contributed by atoms with Crippen LogP contribution in [-0.4, -0.2) is 59.4 Å². The molecule has 2 heterocycles. The topological polar surface area (TPSA) is 79.2 Å². The van der Waals surface area contributed by atoms with Gasteiger partial charge in [0, 0.05) is 18.4 Å². The molecule has 2 aliphatic heterocycles. The Morgan fingerprint density at radius 3 is 2.63 bits per heavy atom. The van der Waals surface area contributed by atoms with Gasteiger partial charge in [0.2, 0.25) is 0 Å². The number of carboxylic acid groups (broad SMARTS) is 1. The molecule has 2 N–H and O–H groups in total. The minimum absolute atomic E-state index is 0.00129. The van der Waals surface area contributed by atoms with Gasteiger partial charge in [0.05, 0.1) is 13.2 Å². The van der Waals surface area contributed by atoms with Gasteiger partial charge in [-0.25, -0.2) is 0 Å². The van der Waals surface area contributed by atoms with Gasteiger partial charge in [-0.3, -0.25) is 9.69 Å². The second-order valence-corrected chi connectivity index (χ2v) is 6.17. The van der Waals surface area contributed by atoms with Crippen LogP contribution in [0.5, 0.6) is 0 Å². The fourth-order valence-electron chi connectivity index (χ4n) is 2.58. The lowest BCUT2D eigenvalue weighted by atomic mass is 9.95. The summed E-state index contributed by atoms with van der Waals surface area (Å²) >= 11 is 0. The second-order valence-electron chi connectivity index (χ2n) is 6.17. The second kappa shape index (κ2) is 5.75. The van der Waals surface area contributed by atoms with Crippen LogP contribution in [0.2, 0.25) is 0 Å². The zero-order valence-electron chi connectivity index (χ0n) is 11.5. The third kappa shape index (κ3) is 3.66. The summed E-state index contributed by atoms with van der Waals surface area (Å²) in [5.41, 5.74) is -0.00129. The quantitative estimate of drug-likeness (QED) is 0.782. The molecule has 0 aliphatic carbocycles. The molecule has 0 radical (unpaired) electrons. The van der Waals surface area contributed by atoms with E-state index in [0.29, 0.717) is 32.6 Å². The molecule has 110 valence electrons. The number of aliphatic hydroxyl groups excluding tert-OH is 1. The van der Waals surface area contributed by atoms with E-state index in [1.165, 1.54) is 0 Å². The number of hydrogen-bond acceptors (Lipinski definition) is 5. The number of hydrogen-bond donors (Lipinski definition) is 2. The monoisotopic (exact) mass is 273 g/mol. The highest BCUT2D eigenvalue weighted by atomic mass is 16.7. The van der Waals surface area contributed by atoms with E-state index in [1.54, 1.807) is 4.90 Å². The van der Waals surface area contributed by atoms with Crippen LogP contribution >= 0.6 is 0 Å². The molecule has 1 unspecified atom stereocenters. The van der Waals surface area contributed by atoms with Crippen LogP contribution in [0.1, 0.15) is 33.1 Å². The first kappa shape index (κ1) is 14.7. The van der Waals surface area contributed by atoms with Gasteiger partial charge < -0.3 is 19.7 Å². The van der Waals surface area contributed by atoms with Crippen LogP contribution in [0, 0.1) is 5.41 Å². The molecular formula is C13H23NO5. The average molecular weight is 273 g/mol. The number of rotatable bonds is 4. The van der Waals surface area contributed by atoms with E-state index in [4.69, 9.17) is 14.6 Å². The average Bonchev–Trinajstić information content (AvgIpc) is 2.81. The van der Waals surface area contributed by atoms with Gasteiger partial charge in [-0.05, 0) is 12.8 Å². The summed E-state index contributed by atoms with van der Waals surface area (Å²) in [6.07, 6.45) is 0.409. The summed E-state index contributed by atoms with van der Waals surface area (Å²) in [6, 6.07) is -0.588. The predicted octanol–water partition coefficient (Wildman–Crippen LogP) is 0.643. The first-order valence-electron chi connectivity index (χ1n) is 6.79. The van der Waals surface area contributed by atoms with Crippen molar-refractivity contribution in [3.63, 3.8) is 0 Å². The Hall–Kier alpha value is -0.690. The molecule has 2 atom stereocenters. The van der Waals surface area contributed by atoms with E-state index >= 15 is 0 Å². The molecule has 0 aromatic carbocycles. The maximum absolute atomic E-state index is 11.1. The molecule has 0 spiro atoms. The Labute approximate surface area is 113 Å². The standard InChI is InChI=1S/C13H23NO5/c1-13(2)7-18-11(19-8-13)6-10(15)14-5-3-4-9(14)12(16)17/h9-11,15H,3-8H2,1-2H3,(H,16,17)/t9-,10?/m0/s1. The van der Waals surface area contributed by atoms with Crippen molar-refractivity contribution in [2.24, 2.45) is 5.41 Å². The van der Waals surface area contributed by atoms with Crippen molar-refractivity contribution in [2.75, 3.05) is 19.8 Å². The third-order valence-electron chi connectivity index (χ3n) is 3.69. The molecular weight excluding hydrogens is 250 g/mol. The number of likely N-dealkylation sites (tertiary alicyclic amines) is 1. The lowest BCUT2D eigenvalue weighted by Gasteiger charge is -2.37. The zero-order valence-corrected chi connectivity index (χ0v) is 11.5. The van der Waals surface area contributed by atoms with Gasteiger partial charge in [0.1, 0.15) is 12.3 Å². The van der Waals surface area contributed by atoms with Gasteiger partial charge in [-0.1, -0.05) is 13.8 Å². The number of carboxylic acids is 1. The Bertz CT molecular complexity index is 323. The van der Waals surface area contributed by atoms with E-state index in [9.17, 15) is 9.90 Å². The number of aliphatic carboxylic acids is 1. The van der Waals surface area contributed by atoms with Crippen molar-refractivity contribution < 1.29 is 24.5 Å². The van der Waals surface area contributed by atoms with Crippen molar-refractivity contribution in [3.8, 4) is 0 Å². The normalized spacial score (nSPS) is 30.4. The fraction of sp³-hybridized carbons (Fsp3) is 0.923. The fourth-order valence-corrected chi connectivity index (χ4v) is 2.58. The number of aliphatic hydroxyl groups is 1. The molecule has 0 aromatic heterocycles. The van der Waals surface area contributed by atoms with Crippen molar-refractivity contribution in [3.05, 3.63) is 0 Å². The SMILES string of the molecule is CC1(C)COC(CC(O)N2CCC[C@H]2C(=O)O)OC1. The van der Waals surface area contributed by atoms with Gasteiger partial charge in [0.15, 0.2) is 6.29 Å². The molecule has 6 nitrogen and oxygen atoms in total. The lowest BCUT2D eigenvalue weighted by molar-refractivity contribution is -0.238. The number of nitrogens with zero attached hydrogens (tertiary/aromatic N) is 1. The Balaban J connectivity index is 1.84. The first-order chi connectivity index (χ1) is 8.89. The highest BCUT2D eigenvalue weighted by Gasteiger charge is 2.37. The van der Waals surface area contributed by atoms with Crippen LogP contribution in [0.25, 0.3) is 0 Å². The number of carbonyl (C=O) groups is 1. The van der Waals surface area contributed by atoms with E-state index < -0.39 is 24.5 Å². The van der Waals surface area contributed by atoms with Gasteiger partial charge in [-0.2, -0.15) is 0 Å². The molecule has 2 saturated heterocycles. The van der Waals surface area contributed by atoms with Crippen LogP contribution in [0.3, 0.4) is 0 Å². The highest BCUT2D eigenvalue weighted by Crippen LogP contribution is 2.27. The summed E-state index contributed by atoms with van der Waals surface area (Å²) in [5, 5.41) is 19.2. The smallest absolute Gasteiger partial charge is 0.320 e. The molecule has 2 fully saturated rings. The summed E-state index contributed by atoms with van der Waals surface area (Å²) in [4.78, 5) is 12.7. The van der Waals surface area contributed by atoms with Crippen molar-refractivity contribution in [1.82, 2.24) is 4.90 Å². The van der Waals surface area contributed by atoms with E-state index in [2.05, 4.69) is 13.8 Å². The minimum Gasteiger partial charge on any atom is -0.480 e. The molecule has 2 aliphatic rings. The van der Waals surface area contributed by atoms with Gasteiger partial charge in [-0.15, -0.1) is 0 Å². The Kier molecular flexibility index (Phi) is 4.45. The molecule has 2 rings (SSSR count). The van der Waals surface area contributed by atoms with Crippen LogP contribution in [0.4, 0.5) is 0 Å². The molecule has 0 bridgehead atoms. The highest BCUT2D eigenvalue weighted by molar-refractivity contribution is 5.73. The molecule has 0 aromatic rings. The molecule has 19 heavy (non-hydrogen) atoms. The maximum Gasteiger partial charge on any atom is 0.320 e. The lowest BCUT2D eigenvalue weighted by Crippen LogP contribution is -2.47. The summed E-state index contributed by atoms with van der Waals surface area (Å²) in [7, 11) is 0. The van der Waals surface area contributed by atoms with Crippen LogP contribution in [-0.2, 0) is 14.3 Å². The zero-order chi connectivity index (χ0) is 14.0. The van der Waals surface area contributed by atoms with Gasteiger partial charge >= 0.3 is 5.97 Å². The summed E-state index contributed by atoms with van der Waals surface area (Å²) < 4.78 is 11.1. The largest absolute Gasteiger partial charge is 0.480 e. The van der Waals surface area contributed by atoms with E-state index in [0.717, 1.165) is 6.42 Å². The van der Waals surface area contributed by atoms with Crippen LogP contribution < -0.4 is 0 Å². The molecule has 6 heteroatoms. The van der Waals surface area contributed by atoms with Crippen molar-refractivity contribution in [2.45, 2.75) is 51.7 Å². The van der Waals surface area contributed by atoms with E-state index in [-0.39, 0.29) is 5.41 Å². The van der Waals surface area contributed by atoms with E-state index in [1.807, 2.05) is 0 Å². The molecule has 0 amide bonds. The predicted molar refractivity (Wildman–Crippen MR) is 67.5 cm³/mol. The Morgan fingerprint density at radius 1 is 1.42 bits per heavy atom. The van der Waals surface area contributed by atoms with Crippen LogP contribution in [0.15, 0.2) is 0 Å². The summed E-state index contributed by atoms with van der Waals surface area (Å²) in [5.74, 6) is -0.872. The molecule has 0 saturated carbocycles. The van der Waals surface area contributed by atoms with Crippen molar-refractivity contribution >= 4 is 5.97 Å². The van der Waals surface area contributed by atoms with Crippen molar-refractivity contribution in [1.29, 1.82) is 0 Å². The van der Waals surface area contributed by atoms with Gasteiger partial charge in [0.25, 0.3) is 0 Å². The summed E-state index contributed by atoms with van der Waals surface area (Å²) in [6.45, 7) is 5.90. The Morgan fingerprint density at radius 2 is 2.05 bits per heavy atom. The third-order valence-corrected chi connectivity index (χ3v) is 3.69. The number of ether oxygens (including phenoxy) is 2. The first-order valence-corrected chi connectivity index (χ1v) is 6.79. The minimum atomic E-state index is -0.872.